The van der Waals surface area contributed by atoms with Crippen LogP contribution in [-0.2, 0) is 18.7 Å². The molecule has 3 heterocycles. The zero-order chi connectivity index (χ0) is 17.8. The van der Waals surface area contributed by atoms with Gasteiger partial charge in [-0.2, -0.15) is 4.98 Å². The van der Waals surface area contributed by atoms with Crippen molar-refractivity contribution in [2.24, 2.45) is 0 Å². The van der Waals surface area contributed by atoms with Crippen LogP contribution in [0.4, 0.5) is 0 Å². The zero-order valence-electron chi connectivity index (χ0n) is 13.4. The predicted octanol–water partition coefficient (Wildman–Crippen LogP) is 3.97. The van der Waals surface area contributed by atoms with Gasteiger partial charge in [-0.1, -0.05) is 34.6 Å². The number of aryl methyl sites for hydroxylation is 2. The van der Waals surface area contributed by atoms with Gasteiger partial charge in [0.1, 0.15) is 0 Å². The lowest BCUT2D eigenvalue weighted by Gasteiger charge is -2.01. The Morgan fingerprint density at radius 3 is 2.88 bits per heavy atom. The first kappa shape index (κ1) is 17.2. The molecule has 0 unspecified atom stereocenters. The maximum absolute atomic E-state index is 5.90. The molecule has 4 aromatic rings. The molecule has 3 aromatic heterocycles. The van der Waals surface area contributed by atoms with Crippen molar-refractivity contribution in [3.05, 3.63) is 57.6 Å². The van der Waals surface area contributed by atoms with Gasteiger partial charge in [0.05, 0.1) is 12.3 Å². The first-order chi connectivity index (χ1) is 12.8. The van der Waals surface area contributed by atoms with E-state index in [1.165, 1.54) is 16.6 Å². The van der Waals surface area contributed by atoms with Crippen molar-refractivity contribution in [2.45, 2.75) is 23.9 Å². The minimum atomic E-state index is 0.500. The van der Waals surface area contributed by atoms with Crippen LogP contribution in [-0.4, -0.2) is 30.3 Å². The van der Waals surface area contributed by atoms with Crippen molar-refractivity contribution >= 4 is 34.7 Å². The Hall–Kier alpha value is -2.23. The van der Waals surface area contributed by atoms with Crippen LogP contribution in [0.1, 0.15) is 10.8 Å². The smallest absolute Gasteiger partial charge is 0.237 e. The first-order valence-electron chi connectivity index (χ1n) is 7.78. The number of thioether (sulfide) groups is 1. The van der Waals surface area contributed by atoms with E-state index in [4.69, 9.17) is 16.1 Å². The van der Waals surface area contributed by atoms with Crippen molar-refractivity contribution in [1.82, 2.24) is 30.3 Å². The molecule has 132 valence electrons. The summed E-state index contributed by atoms with van der Waals surface area (Å²) in [4.78, 5) is 5.71. The molecule has 0 N–H and O–H groups in total. The molecule has 7 nitrogen and oxygen atoms in total. The third-order valence-corrected chi connectivity index (χ3v) is 5.67. The predicted molar refractivity (Wildman–Crippen MR) is 100 cm³/mol. The topological polar surface area (TPSA) is 82.5 Å². The molecule has 0 saturated heterocycles. The van der Waals surface area contributed by atoms with E-state index >= 15 is 0 Å². The molecule has 1 aromatic carbocycles. The lowest BCUT2D eigenvalue weighted by molar-refractivity contribution is 0.391. The Kier molecular flexibility index (Phi) is 5.28. The van der Waals surface area contributed by atoms with Gasteiger partial charge in [0.2, 0.25) is 16.9 Å². The van der Waals surface area contributed by atoms with Gasteiger partial charge in [-0.15, -0.1) is 16.4 Å². The van der Waals surface area contributed by atoms with Crippen molar-refractivity contribution in [1.29, 1.82) is 0 Å². The van der Waals surface area contributed by atoms with Crippen LogP contribution < -0.4 is 0 Å². The largest absolute Gasteiger partial charge is 0.338 e. The molecule has 26 heavy (non-hydrogen) atoms. The number of nitrogens with zero attached hydrogens (tertiary/aromatic N) is 6. The van der Waals surface area contributed by atoms with Gasteiger partial charge in [0.15, 0.2) is 0 Å². The summed E-state index contributed by atoms with van der Waals surface area (Å²) in [6.45, 7) is 0.732. The molecular weight excluding hydrogens is 392 g/mol. The Balaban J connectivity index is 1.37. The summed E-state index contributed by atoms with van der Waals surface area (Å²) in [6.07, 6.45) is 0.900. The maximum atomic E-state index is 5.90. The van der Waals surface area contributed by atoms with Crippen LogP contribution in [0.25, 0.3) is 11.4 Å². The molecule has 0 fully saturated rings. The molecule has 10 heteroatoms. The number of hydrogen-bond donors (Lipinski definition) is 0. The van der Waals surface area contributed by atoms with Gasteiger partial charge in [-0.25, -0.2) is 4.68 Å². The van der Waals surface area contributed by atoms with Crippen molar-refractivity contribution in [3.8, 4) is 11.4 Å². The summed E-state index contributed by atoms with van der Waals surface area (Å²) in [5.41, 5.74) is 0.857. The first-order valence-corrected chi connectivity index (χ1v) is 10.0. The number of hydrogen-bond acceptors (Lipinski definition) is 8. The van der Waals surface area contributed by atoms with E-state index in [1.54, 1.807) is 28.2 Å². The van der Waals surface area contributed by atoms with Crippen LogP contribution in [0.15, 0.2) is 51.5 Å². The fourth-order valence-electron chi connectivity index (χ4n) is 2.27. The van der Waals surface area contributed by atoms with Gasteiger partial charge >= 0.3 is 0 Å². The maximum Gasteiger partial charge on any atom is 0.237 e. The summed E-state index contributed by atoms with van der Waals surface area (Å²) in [6, 6.07) is 11.5. The lowest BCUT2D eigenvalue weighted by Crippen LogP contribution is -2.04. The van der Waals surface area contributed by atoms with Crippen molar-refractivity contribution in [3.63, 3.8) is 0 Å². The Morgan fingerprint density at radius 1 is 1.19 bits per heavy atom. The highest BCUT2D eigenvalue weighted by atomic mass is 35.5. The molecule has 0 aliphatic carbocycles. The monoisotopic (exact) mass is 404 g/mol. The van der Waals surface area contributed by atoms with Crippen LogP contribution in [0.5, 0.6) is 0 Å². The number of thiophene rings is 1. The second kappa shape index (κ2) is 7.98. The van der Waals surface area contributed by atoms with Gasteiger partial charge in [0, 0.05) is 21.9 Å². The molecule has 0 atom stereocenters. The van der Waals surface area contributed by atoms with Gasteiger partial charge in [-0.05, 0) is 46.1 Å². The summed E-state index contributed by atoms with van der Waals surface area (Å²) >= 11 is 9.10. The van der Waals surface area contributed by atoms with E-state index in [0.29, 0.717) is 22.5 Å². The van der Waals surface area contributed by atoms with Crippen LogP contribution in [0, 0.1) is 0 Å². The summed E-state index contributed by atoms with van der Waals surface area (Å²) in [5, 5.41) is 19.4. The highest BCUT2D eigenvalue weighted by Gasteiger charge is 2.12. The highest BCUT2D eigenvalue weighted by Crippen LogP contribution is 2.23. The molecule has 0 aliphatic heterocycles. The third kappa shape index (κ3) is 4.12. The van der Waals surface area contributed by atoms with Gasteiger partial charge in [-0.3, -0.25) is 0 Å². The number of halogens is 1. The molecule has 0 spiro atoms. The highest BCUT2D eigenvalue weighted by molar-refractivity contribution is 7.98. The van der Waals surface area contributed by atoms with Crippen LogP contribution in [0.2, 0.25) is 5.02 Å². The second-order valence-corrected chi connectivity index (χ2v) is 7.73. The Bertz CT molecular complexity index is 967. The fraction of sp³-hybridized carbons (Fsp3) is 0.188. The second-order valence-electron chi connectivity index (χ2n) is 5.32. The molecule has 0 bridgehead atoms. The molecule has 0 amide bonds. The molecule has 4 rings (SSSR count). The van der Waals surface area contributed by atoms with E-state index in [-0.39, 0.29) is 0 Å². The molecule has 0 aliphatic rings. The van der Waals surface area contributed by atoms with E-state index < -0.39 is 0 Å². The minimum Gasteiger partial charge on any atom is -0.338 e. The quantitative estimate of drug-likeness (QED) is 0.431. The SMILES string of the molecule is Clc1ccc(-c2noc(CSc3nnnn3CCc3cccs3)n2)cc1. The molecular formula is C16H13ClN6OS2. The minimum absolute atomic E-state index is 0.500. The molecule has 0 radical (unpaired) electrons. The Morgan fingerprint density at radius 2 is 2.08 bits per heavy atom. The van der Waals surface area contributed by atoms with Gasteiger partial charge in [0.25, 0.3) is 0 Å². The van der Waals surface area contributed by atoms with E-state index in [1.807, 2.05) is 18.2 Å². The number of rotatable bonds is 7. The zero-order valence-corrected chi connectivity index (χ0v) is 15.8. The molecule has 0 saturated carbocycles. The Labute approximate surface area is 162 Å². The van der Waals surface area contributed by atoms with Crippen molar-refractivity contribution < 1.29 is 4.52 Å². The van der Waals surface area contributed by atoms with E-state index in [0.717, 1.165) is 23.7 Å². The van der Waals surface area contributed by atoms with E-state index in [2.05, 4.69) is 37.1 Å². The third-order valence-electron chi connectivity index (χ3n) is 3.54. The van der Waals surface area contributed by atoms with E-state index in [9.17, 15) is 0 Å². The normalized spacial score (nSPS) is 11.1. The van der Waals surface area contributed by atoms with Crippen LogP contribution in [0.3, 0.4) is 0 Å². The lowest BCUT2D eigenvalue weighted by atomic mass is 10.2. The number of aromatic nitrogens is 6. The standard InChI is InChI=1S/C16H13ClN6OS2/c17-12-5-3-11(4-6-12)15-18-14(24-20-15)10-26-16-19-21-22-23(16)8-7-13-2-1-9-25-13/h1-6,9H,7-8,10H2. The van der Waals surface area contributed by atoms with Gasteiger partial charge < -0.3 is 4.52 Å². The van der Waals surface area contributed by atoms with Crippen LogP contribution >= 0.6 is 34.7 Å². The summed E-state index contributed by atoms with van der Waals surface area (Å²) < 4.78 is 7.11. The average molecular weight is 405 g/mol. The number of tetrazole rings is 1. The summed E-state index contributed by atoms with van der Waals surface area (Å²) in [7, 11) is 0. The average Bonchev–Trinajstić information content (AvgIpc) is 3.40. The number of benzene rings is 1. The summed E-state index contributed by atoms with van der Waals surface area (Å²) in [5.74, 6) is 1.56. The fourth-order valence-corrected chi connectivity index (χ4v) is 3.83. The van der Waals surface area contributed by atoms with Crippen molar-refractivity contribution in [2.75, 3.05) is 0 Å².